The minimum atomic E-state index is 0.0767. The van der Waals surface area contributed by atoms with Gasteiger partial charge < -0.3 is 9.88 Å². The van der Waals surface area contributed by atoms with E-state index in [1.165, 1.54) is 0 Å². The van der Waals surface area contributed by atoms with Crippen LogP contribution in [0.4, 0.5) is 0 Å². The third kappa shape index (κ3) is 4.35. The smallest absolute Gasteiger partial charge is 0.232 e. The van der Waals surface area contributed by atoms with E-state index >= 15 is 0 Å². The molecule has 1 heterocycles. The molecule has 1 atom stereocenters. The van der Waals surface area contributed by atoms with Crippen LogP contribution in [0.25, 0.3) is 11.0 Å². The molecule has 4 nitrogen and oxygen atoms in total. The summed E-state index contributed by atoms with van der Waals surface area (Å²) in [6, 6.07) is 15.5. The molecule has 1 unspecified atom stereocenters. The van der Waals surface area contributed by atoms with E-state index in [2.05, 4.69) is 16.9 Å². The lowest BCUT2D eigenvalue weighted by Gasteiger charge is -2.18. The monoisotopic (exact) mass is 373 g/mol. The number of hydrogen-bond donors (Lipinski definition) is 1. The highest BCUT2D eigenvalue weighted by molar-refractivity contribution is 8.00. The summed E-state index contributed by atoms with van der Waals surface area (Å²) in [5.41, 5.74) is 2.93. The van der Waals surface area contributed by atoms with Crippen LogP contribution in [0, 0.1) is 0 Å². The van der Waals surface area contributed by atoms with Crippen LogP contribution in [0.1, 0.15) is 23.6 Å². The first-order chi connectivity index (χ1) is 12.0. The molecule has 25 heavy (non-hydrogen) atoms. The van der Waals surface area contributed by atoms with E-state index in [4.69, 9.17) is 11.6 Å². The Bertz CT molecular complexity index is 847. The molecule has 3 rings (SSSR count). The van der Waals surface area contributed by atoms with E-state index in [0.717, 1.165) is 22.4 Å². The third-order valence-corrected chi connectivity index (χ3v) is 5.55. The van der Waals surface area contributed by atoms with E-state index in [-0.39, 0.29) is 11.2 Å². The summed E-state index contributed by atoms with van der Waals surface area (Å²) < 4.78 is 0. The van der Waals surface area contributed by atoms with Gasteiger partial charge in [-0.25, -0.2) is 4.98 Å². The van der Waals surface area contributed by atoms with Crippen LogP contribution in [0.3, 0.4) is 0 Å². The highest BCUT2D eigenvalue weighted by Crippen LogP contribution is 2.28. The number of thioether (sulfide) groups is 1. The molecule has 0 aliphatic heterocycles. The number of benzene rings is 2. The van der Waals surface area contributed by atoms with Crippen LogP contribution in [0.2, 0.25) is 5.02 Å². The second kappa shape index (κ2) is 7.93. The number of H-pyrrole nitrogens is 1. The number of nitrogens with one attached hydrogen (secondary N) is 1. The zero-order valence-electron chi connectivity index (χ0n) is 14.2. The van der Waals surface area contributed by atoms with Crippen molar-refractivity contribution in [1.82, 2.24) is 14.9 Å². The molecular formula is C19H20ClN3OS. The lowest BCUT2D eigenvalue weighted by atomic mass is 10.2. The maximum atomic E-state index is 12.4. The third-order valence-electron chi connectivity index (χ3n) is 4.04. The summed E-state index contributed by atoms with van der Waals surface area (Å²) in [7, 11) is 1.80. The van der Waals surface area contributed by atoms with Crippen LogP contribution in [0.5, 0.6) is 0 Å². The van der Waals surface area contributed by atoms with Crippen LogP contribution in [-0.4, -0.2) is 33.6 Å². The molecule has 0 bridgehead atoms. The van der Waals surface area contributed by atoms with Gasteiger partial charge >= 0.3 is 0 Å². The Balaban J connectivity index is 1.56. The SMILES string of the molecule is CC(SCC(=O)N(C)Cc1ccccc1Cl)c1nc2ccccc2[nH]1. The number of rotatable bonds is 6. The zero-order chi connectivity index (χ0) is 17.8. The molecule has 1 amide bonds. The maximum Gasteiger partial charge on any atom is 0.232 e. The number of aromatic nitrogens is 2. The van der Waals surface area contributed by atoms with Crippen molar-refractivity contribution < 1.29 is 4.79 Å². The number of imidazole rings is 1. The number of fused-ring (bicyclic) bond motifs is 1. The fourth-order valence-corrected chi connectivity index (χ4v) is 3.60. The summed E-state index contributed by atoms with van der Waals surface area (Å²) in [4.78, 5) is 22.0. The molecule has 1 N–H and O–H groups in total. The Hall–Kier alpha value is -1.98. The summed E-state index contributed by atoms with van der Waals surface area (Å²) in [5, 5.41) is 0.801. The molecule has 3 aromatic rings. The summed E-state index contributed by atoms with van der Waals surface area (Å²) >= 11 is 7.74. The Labute approximate surface area is 156 Å². The zero-order valence-corrected chi connectivity index (χ0v) is 15.8. The second-order valence-electron chi connectivity index (χ2n) is 5.93. The Morgan fingerprint density at radius 1 is 1.24 bits per heavy atom. The number of halogens is 1. The van der Waals surface area contributed by atoms with Crippen LogP contribution in [0.15, 0.2) is 48.5 Å². The predicted octanol–water partition coefficient (Wildman–Crippen LogP) is 4.67. The Kier molecular flexibility index (Phi) is 5.66. The van der Waals surface area contributed by atoms with Gasteiger partial charge in [0.15, 0.2) is 0 Å². The number of amides is 1. The van der Waals surface area contributed by atoms with E-state index < -0.39 is 0 Å². The molecule has 6 heteroatoms. The Morgan fingerprint density at radius 3 is 2.72 bits per heavy atom. The average Bonchev–Trinajstić information content (AvgIpc) is 3.05. The van der Waals surface area contributed by atoms with Gasteiger partial charge in [0.2, 0.25) is 5.91 Å². The fraction of sp³-hybridized carbons (Fsp3) is 0.263. The van der Waals surface area contributed by atoms with Crippen molar-refractivity contribution in [3.05, 3.63) is 64.9 Å². The lowest BCUT2D eigenvalue weighted by Crippen LogP contribution is -2.28. The Morgan fingerprint density at radius 2 is 1.96 bits per heavy atom. The van der Waals surface area contributed by atoms with Gasteiger partial charge in [-0.3, -0.25) is 4.79 Å². The second-order valence-corrected chi connectivity index (χ2v) is 7.67. The van der Waals surface area contributed by atoms with Crippen LogP contribution < -0.4 is 0 Å². The minimum absolute atomic E-state index is 0.0767. The van der Waals surface area contributed by atoms with Crippen molar-refractivity contribution in [2.45, 2.75) is 18.7 Å². The van der Waals surface area contributed by atoms with Crippen LogP contribution in [-0.2, 0) is 11.3 Å². The molecule has 0 spiro atoms. The average molecular weight is 374 g/mol. The minimum Gasteiger partial charge on any atom is -0.341 e. The van der Waals surface area contributed by atoms with Gasteiger partial charge in [0, 0.05) is 18.6 Å². The number of nitrogens with zero attached hydrogens (tertiary/aromatic N) is 2. The molecule has 2 aromatic carbocycles. The first kappa shape index (κ1) is 17.8. The van der Waals surface area contributed by atoms with Gasteiger partial charge in [0.25, 0.3) is 0 Å². The first-order valence-electron chi connectivity index (χ1n) is 8.08. The van der Waals surface area contributed by atoms with Gasteiger partial charge in [0.1, 0.15) is 5.82 Å². The van der Waals surface area contributed by atoms with E-state index in [1.807, 2.05) is 48.5 Å². The summed E-state index contributed by atoms with van der Waals surface area (Å²) in [6.45, 7) is 2.57. The molecule has 0 saturated carbocycles. The number of carbonyl (C=O) groups excluding carboxylic acids is 1. The topological polar surface area (TPSA) is 49.0 Å². The number of aromatic amines is 1. The fourth-order valence-electron chi connectivity index (χ4n) is 2.52. The number of carbonyl (C=O) groups is 1. The molecule has 0 aliphatic carbocycles. The standard InChI is InChI=1S/C19H20ClN3OS/c1-13(19-21-16-9-5-6-10-17(16)22-19)25-12-18(24)23(2)11-14-7-3-4-8-15(14)20/h3-10,13H,11-12H2,1-2H3,(H,21,22). The largest absolute Gasteiger partial charge is 0.341 e. The van der Waals surface area contributed by atoms with E-state index in [1.54, 1.807) is 23.7 Å². The van der Waals surface area contributed by atoms with Crippen molar-refractivity contribution in [2.24, 2.45) is 0 Å². The van der Waals surface area contributed by atoms with Crippen LogP contribution >= 0.6 is 23.4 Å². The maximum absolute atomic E-state index is 12.4. The molecule has 0 fully saturated rings. The highest BCUT2D eigenvalue weighted by atomic mass is 35.5. The van der Waals surface area contributed by atoms with Gasteiger partial charge in [-0.15, -0.1) is 11.8 Å². The van der Waals surface area contributed by atoms with Gasteiger partial charge in [-0.2, -0.15) is 0 Å². The van der Waals surface area contributed by atoms with E-state index in [9.17, 15) is 4.79 Å². The van der Waals surface area contributed by atoms with Gasteiger partial charge in [-0.05, 0) is 30.7 Å². The number of para-hydroxylation sites is 2. The van der Waals surface area contributed by atoms with Crippen molar-refractivity contribution in [3.8, 4) is 0 Å². The molecule has 0 aliphatic rings. The molecular weight excluding hydrogens is 354 g/mol. The molecule has 1 aromatic heterocycles. The van der Waals surface area contributed by atoms with Crippen molar-refractivity contribution in [3.63, 3.8) is 0 Å². The molecule has 0 radical (unpaired) electrons. The molecule has 0 saturated heterocycles. The summed E-state index contributed by atoms with van der Waals surface area (Å²) in [6.07, 6.45) is 0. The number of hydrogen-bond acceptors (Lipinski definition) is 3. The van der Waals surface area contributed by atoms with Gasteiger partial charge in [0.05, 0.1) is 22.0 Å². The summed E-state index contributed by atoms with van der Waals surface area (Å²) in [5.74, 6) is 1.37. The quantitative estimate of drug-likeness (QED) is 0.683. The van der Waals surface area contributed by atoms with Crippen molar-refractivity contribution >= 4 is 40.3 Å². The highest BCUT2D eigenvalue weighted by Gasteiger charge is 2.16. The first-order valence-corrected chi connectivity index (χ1v) is 9.51. The lowest BCUT2D eigenvalue weighted by molar-refractivity contribution is -0.127. The normalized spacial score (nSPS) is 12.3. The van der Waals surface area contributed by atoms with Crippen molar-refractivity contribution in [1.29, 1.82) is 0 Å². The van der Waals surface area contributed by atoms with Crippen molar-refractivity contribution in [2.75, 3.05) is 12.8 Å². The van der Waals surface area contributed by atoms with Gasteiger partial charge in [-0.1, -0.05) is 41.9 Å². The van der Waals surface area contributed by atoms with E-state index in [0.29, 0.717) is 17.3 Å². The molecule has 130 valence electrons. The predicted molar refractivity (Wildman–Crippen MR) is 105 cm³/mol.